The van der Waals surface area contributed by atoms with Gasteiger partial charge >= 0.3 is 5.97 Å². The van der Waals surface area contributed by atoms with Gasteiger partial charge in [0.1, 0.15) is 17.5 Å². The van der Waals surface area contributed by atoms with E-state index < -0.39 is 5.97 Å². The van der Waals surface area contributed by atoms with Crippen LogP contribution in [-0.2, 0) is 4.79 Å². The van der Waals surface area contributed by atoms with Crippen molar-refractivity contribution in [2.45, 2.75) is 11.2 Å². The second-order valence-electron chi connectivity index (χ2n) is 4.60. The Morgan fingerprint density at radius 3 is 3.00 bits per heavy atom. The van der Waals surface area contributed by atoms with E-state index in [1.165, 1.54) is 11.8 Å². The van der Waals surface area contributed by atoms with Crippen LogP contribution in [0.5, 0.6) is 5.75 Å². The van der Waals surface area contributed by atoms with Gasteiger partial charge in [-0.1, -0.05) is 23.9 Å². The summed E-state index contributed by atoms with van der Waals surface area (Å²) in [5, 5.41) is 17.0. The zero-order valence-corrected chi connectivity index (χ0v) is 12.8. The van der Waals surface area contributed by atoms with Crippen LogP contribution in [0.1, 0.15) is 11.6 Å². The van der Waals surface area contributed by atoms with Crippen LogP contribution in [0.2, 0.25) is 0 Å². The standard InChI is InChI=1S/C14H14N4O3S/c1-21-9-5-3-4-8(6-9)11-7-10(12(19)20)15-13-16-14(22-2)17-18(11)13/h3-7,11H,1-2H3,(H,19,20)(H,15,16,17). The van der Waals surface area contributed by atoms with Crippen molar-refractivity contribution < 1.29 is 14.6 Å². The number of allylic oxidation sites excluding steroid dienone is 1. The average Bonchev–Trinajstić information content (AvgIpc) is 2.97. The van der Waals surface area contributed by atoms with Gasteiger partial charge in [0.25, 0.3) is 0 Å². The molecule has 2 heterocycles. The Bertz CT molecular complexity index is 756. The molecule has 0 fully saturated rings. The van der Waals surface area contributed by atoms with Crippen LogP contribution in [0.4, 0.5) is 5.95 Å². The van der Waals surface area contributed by atoms with E-state index in [0.29, 0.717) is 16.9 Å². The monoisotopic (exact) mass is 318 g/mol. The Balaban J connectivity index is 2.11. The molecule has 0 spiro atoms. The smallest absolute Gasteiger partial charge is 0.352 e. The topological polar surface area (TPSA) is 89.3 Å². The Morgan fingerprint density at radius 2 is 2.32 bits per heavy atom. The molecule has 1 aliphatic rings. The molecule has 2 N–H and O–H groups in total. The predicted octanol–water partition coefficient (Wildman–Crippen LogP) is 1.99. The SMILES string of the molecule is COc1cccc(C2C=C(C(=O)O)Nc3nc(SC)nn32)c1. The Morgan fingerprint density at radius 1 is 1.50 bits per heavy atom. The molecule has 1 atom stereocenters. The van der Waals surface area contributed by atoms with Gasteiger partial charge in [0.05, 0.1) is 7.11 Å². The van der Waals surface area contributed by atoms with Crippen molar-refractivity contribution in [2.24, 2.45) is 0 Å². The molecule has 0 bridgehead atoms. The minimum Gasteiger partial charge on any atom is -0.497 e. The highest BCUT2D eigenvalue weighted by molar-refractivity contribution is 7.98. The summed E-state index contributed by atoms with van der Waals surface area (Å²) in [7, 11) is 1.59. The zero-order chi connectivity index (χ0) is 15.7. The largest absolute Gasteiger partial charge is 0.497 e. The maximum Gasteiger partial charge on any atom is 0.352 e. The fourth-order valence-corrected chi connectivity index (χ4v) is 2.59. The minimum atomic E-state index is -1.03. The lowest BCUT2D eigenvalue weighted by molar-refractivity contribution is -0.132. The number of carbonyl (C=O) groups is 1. The molecule has 114 valence electrons. The van der Waals surface area contributed by atoms with Crippen LogP contribution in [-0.4, -0.2) is 39.2 Å². The summed E-state index contributed by atoms with van der Waals surface area (Å²) in [4.78, 5) is 15.6. The van der Waals surface area contributed by atoms with Gasteiger partial charge in [0.2, 0.25) is 11.1 Å². The number of aromatic nitrogens is 3. The fourth-order valence-electron chi connectivity index (χ4n) is 2.25. The molecule has 0 amide bonds. The van der Waals surface area contributed by atoms with Gasteiger partial charge in [-0.2, -0.15) is 4.98 Å². The number of fused-ring (bicyclic) bond motifs is 1. The third-order valence-electron chi connectivity index (χ3n) is 3.29. The number of carboxylic acid groups (broad SMARTS) is 1. The lowest BCUT2D eigenvalue weighted by Gasteiger charge is -2.22. The molecule has 0 saturated carbocycles. The summed E-state index contributed by atoms with van der Waals surface area (Å²) in [6.07, 6.45) is 3.48. The molecular formula is C14H14N4O3S. The van der Waals surface area contributed by atoms with Crippen molar-refractivity contribution in [2.75, 3.05) is 18.7 Å². The van der Waals surface area contributed by atoms with Crippen molar-refractivity contribution >= 4 is 23.7 Å². The lowest BCUT2D eigenvalue weighted by Crippen LogP contribution is -2.24. The number of carboxylic acids is 1. The third kappa shape index (κ3) is 2.52. The van der Waals surface area contributed by atoms with Crippen molar-refractivity contribution in [1.82, 2.24) is 14.8 Å². The molecule has 8 heteroatoms. The summed E-state index contributed by atoms with van der Waals surface area (Å²) in [6.45, 7) is 0. The highest BCUT2D eigenvalue weighted by atomic mass is 32.2. The average molecular weight is 318 g/mol. The van der Waals surface area contributed by atoms with Gasteiger partial charge in [-0.25, -0.2) is 9.48 Å². The van der Waals surface area contributed by atoms with E-state index >= 15 is 0 Å². The lowest BCUT2D eigenvalue weighted by atomic mass is 10.0. The normalized spacial score (nSPS) is 16.5. The second-order valence-corrected chi connectivity index (χ2v) is 5.37. The number of benzene rings is 1. The maximum absolute atomic E-state index is 11.3. The molecule has 0 saturated heterocycles. The molecule has 1 aromatic heterocycles. The molecule has 7 nitrogen and oxygen atoms in total. The number of nitrogens with zero attached hydrogens (tertiary/aromatic N) is 3. The van der Waals surface area contributed by atoms with Gasteiger partial charge in [-0.05, 0) is 30.0 Å². The first-order valence-electron chi connectivity index (χ1n) is 6.49. The van der Waals surface area contributed by atoms with Crippen LogP contribution < -0.4 is 10.1 Å². The van der Waals surface area contributed by atoms with Gasteiger partial charge in [-0.3, -0.25) is 0 Å². The Hall–Kier alpha value is -2.48. The zero-order valence-electron chi connectivity index (χ0n) is 12.0. The number of aliphatic carboxylic acids is 1. The van der Waals surface area contributed by atoms with E-state index in [4.69, 9.17) is 4.74 Å². The van der Waals surface area contributed by atoms with E-state index in [0.717, 1.165) is 5.56 Å². The molecule has 1 aromatic carbocycles. The molecule has 2 aromatic rings. The van der Waals surface area contributed by atoms with Crippen LogP contribution in [0.25, 0.3) is 0 Å². The number of rotatable bonds is 4. The number of methoxy groups -OCH3 is 1. The summed E-state index contributed by atoms with van der Waals surface area (Å²) in [6, 6.07) is 7.10. The molecule has 1 aliphatic heterocycles. The Labute approximate surface area is 131 Å². The van der Waals surface area contributed by atoms with E-state index in [9.17, 15) is 9.90 Å². The minimum absolute atomic E-state index is 0.0837. The second kappa shape index (κ2) is 5.72. The molecule has 3 rings (SSSR count). The molecule has 1 unspecified atom stereocenters. The molecule has 0 radical (unpaired) electrons. The molecular weight excluding hydrogens is 304 g/mol. The van der Waals surface area contributed by atoms with Gasteiger partial charge in [-0.15, -0.1) is 5.10 Å². The van der Waals surface area contributed by atoms with Crippen LogP contribution in [0, 0.1) is 0 Å². The summed E-state index contributed by atoms with van der Waals surface area (Å²) in [5.74, 6) is 0.0815. The van der Waals surface area contributed by atoms with E-state index in [2.05, 4.69) is 15.4 Å². The molecule has 0 aliphatic carbocycles. The van der Waals surface area contributed by atoms with E-state index in [1.54, 1.807) is 17.9 Å². The summed E-state index contributed by atoms with van der Waals surface area (Å²) < 4.78 is 6.91. The van der Waals surface area contributed by atoms with E-state index in [1.807, 2.05) is 30.5 Å². The third-order valence-corrected chi connectivity index (χ3v) is 3.83. The maximum atomic E-state index is 11.3. The van der Waals surface area contributed by atoms with E-state index in [-0.39, 0.29) is 11.7 Å². The number of anilines is 1. The highest BCUT2D eigenvalue weighted by Crippen LogP contribution is 2.31. The van der Waals surface area contributed by atoms with Gasteiger partial charge in [0.15, 0.2) is 0 Å². The summed E-state index contributed by atoms with van der Waals surface area (Å²) in [5.41, 5.74) is 0.957. The first-order chi connectivity index (χ1) is 10.6. The fraction of sp³-hybridized carbons (Fsp3) is 0.214. The van der Waals surface area contributed by atoms with Crippen molar-refractivity contribution in [3.05, 3.63) is 41.6 Å². The number of hydrogen-bond acceptors (Lipinski definition) is 6. The van der Waals surface area contributed by atoms with Gasteiger partial charge in [0, 0.05) is 0 Å². The first-order valence-corrected chi connectivity index (χ1v) is 7.71. The quantitative estimate of drug-likeness (QED) is 0.833. The van der Waals surface area contributed by atoms with Crippen LogP contribution >= 0.6 is 11.8 Å². The van der Waals surface area contributed by atoms with Crippen molar-refractivity contribution in [3.63, 3.8) is 0 Å². The van der Waals surface area contributed by atoms with Crippen LogP contribution in [0.15, 0.2) is 41.2 Å². The molecule has 22 heavy (non-hydrogen) atoms. The Kier molecular flexibility index (Phi) is 3.76. The first kappa shape index (κ1) is 14.5. The van der Waals surface area contributed by atoms with Gasteiger partial charge < -0.3 is 15.2 Å². The number of thioether (sulfide) groups is 1. The summed E-state index contributed by atoms with van der Waals surface area (Å²) >= 11 is 1.40. The van der Waals surface area contributed by atoms with Crippen LogP contribution in [0.3, 0.4) is 0 Å². The number of hydrogen-bond donors (Lipinski definition) is 2. The van der Waals surface area contributed by atoms with Crippen molar-refractivity contribution in [3.8, 4) is 5.75 Å². The van der Waals surface area contributed by atoms with Crippen molar-refractivity contribution in [1.29, 1.82) is 0 Å². The predicted molar refractivity (Wildman–Crippen MR) is 82.3 cm³/mol. The number of nitrogens with one attached hydrogen (secondary N) is 1. The highest BCUT2D eigenvalue weighted by Gasteiger charge is 2.27. The number of ether oxygens (including phenoxy) is 1.